The van der Waals surface area contributed by atoms with Crippen molar-refractivity contribution in [2.24, 2.45) is 5.73 Å². The van der Waals surface area contributed by atoms with Crippen LogP contribution in [0.5, 0.6) is 17.2 Å². The van der Waals surface area contributed by atoms with Gasteiger partial charge in [0.1, 0.15) is 17.2 Å². The minimum absolute atomic E-state index is 0.392. The Morgan fingerprint density at radius 2 is 1.65 bits per heavy atom. The molecule has 0 spiro atoms. The zero-order valence-electron chi connectivity index (χ0n) is 14.3. The number of ether oxygens (including phenoxy) is 2. The minimum atomic E-state index is -0.491. The van der Waals surface area contributed by atoms with E-state index in [1.165, 1.54) is 7.11 Å². The Kier molecular flexibility index (Phi) is 5.81. The van der Waals surface area contributed by atoms with E-state index in [0.717, 1.165) is 27.7 Å². The lowest BCUT2D eigenvalue weighted by molar-refractivity contribution is 0.0997. The van der Waals surface area contributed by atoms with Gasteiger partial charge in [0, 0.05) is 10.6 Å². The van der Waals surface area contributed by atoms with Crippen LogP contribution in [0.15, 0.2) is 77.7 Å². The highest BCUT2D eigenvalue weighted by Crippen LogP contribution is 2.29. The van der Waals surface area contributed by atoms with Crippen molar-refractivity contribution in [2.75, 3.05) is 7.11 Å². The molecule has 0 atom stereocenters. The molecule has 4 nitrogen and oxygen atoms in total. The normalized spacial score (nSPS) is 10.3. The quantitative estimate of drug-likeness (QED) is 0.606. The average Bonchev–Trinajstić information content (AvgIpc) is 2.68. The molecule has 0 unspecified atom stereocenters. The van der Waals surface area contributed by atoms with Crippen LogP contribution < -0.4 is 15.2 Å². The molecule has 0 radical (unpaired) electrons. The molecule has 3 aromatic rings. The number of carbonyl (C=O) groups excluding carboxylic acids is 1. The van der Waals surface area contributed by atoms with Crippen LogP contribution in [0, 0.1) is 0 Å². The van der Waals surface area contributed by atoms with Gasteiger partial charge in [-0.15, -0.1) is 11.8 Å². The number of hydrogen-bond acceptors (Lipinski definition) is 4. The van der Waals surface area contributed by atoms with Gasteiger partial charge in [0.2, 0.25) is 0 Å². The van der Waals surface area contributed by atoms with Gasteiger partial charge in [-0.05, 0) is 54.1 Å². The molecule has 0 aromatic heterocycles. The van der Waals surface area contributed by atoms with Crippen LogP contribution in [0.1, 0.15) is 15.9 Å². The molecular formula is C21H19NO3S. The summed E-state index contributed by atoms with van der Waals surface area (Å²) in [5, 5.41) is 0. The van der Waals surface area contributed by atoms with Crippen LogP contribution >= 0.6 is 11.8 Å². The molecule has 3 aromatic carbocycles. The zero-order chi connectivity index (χ0) is 18.4. The molecule has 3 rings (SSSR count). The number of thioether (sulfide) groups is 1. The summed E-state index contributed by atoms with van der Waals surface area (Å²) in [5.41, 5.74) is 6.79. The van der Waals surface area contributed by atoms with E-state index in [-0.39, 0.29) is 0 Å². The monoisotopic (exact) mass is 365 g/mol. The first-order valence-corrected chi connectivity index (χ1v) is 9.07. The standard InChI is InChI=1S/C21H19NO3S/c1-24-20-13-15(7-12-19(20)21(22)23)14-26-18-10-8-17(9-11-18)25-16-5-3-2-4-6-16/h2-13H,14H2,1H3,(H2,22,23). The Labute approximate surface area is 156 Å². The van der Waals surface area contributed by atoms with Crippen molar-refractivity contribution in [3.63, 3.8) is 0 Å². The molecule has 0 saturated heterocycles. The summed E-state index contributed by atoms with van der Waals surface area (Å²) in [6.45, 7) is 0. The molecule has 0 aliphatic rings. The summed E-state index contributed by atoms with van der Waals surface area (Å²) < 4.78 is 11.0. The third kappa shape index (κ3) is 4.58. The lowest BCUT2D eigenvalue weighted by Crippen LogP contribution is -2.12. The highest BCUT2D eigenvalue weighted by Gasteiger charge is 2.09. The van der Waals surface area contributed by atoms with Gasteiger partial charge >= 0.3 is 0 Å². The summed E-state index contributed by atoms with van der Waals surface area (Å²) in [6.07, 6.45) is 0. The van der Waals surface area contributed by atoms with Crippen molar-refractivity contribution in [3.05, 3.63) is 83.9 Å². The average molecular weight is 365 g/mol. The Morgan fingerprint density at radius 1 is 0.962 bits per heavy atom. The van der Waals surface area contributed by atoms with E-state index in [9.17, 15) is 4.79 Å². The van der Waals surface area contributed by atoms with Crippen molar-refractivity contribution in [1.82, 2.24) is 0 Å². The van der Waals surface area contributed by atoms with Gasteiger partial charge in [-0.25, -0.2) is 0 Å². The molecule has 0 heterocycles. The number of benzene rings is 3. The number of nitrogens with two attached hydrogens (primary N) is 1. The maximum atomic E-state index is 11.4. The molecule has 0 aliphatic heterocycles. The summed E-state index contributed by atoms with van der Waals surface area (Å²) in [6, 6.07) is 23.1. The summed E-state index contributed by atoms with van der Waals surface area (Å²) in [4.78, 5) is 12.5. The molecule has 0 bridgehead atoms. The van der Waals surface area contributed by atoms with Crippen molar-refractivity contribution < 1.29 is 14.3 Å². The van der Waals surface area contributed by atoms with Crippen LogP contribution in [-0.4, -0.2) is 13.0 Å². The molecule has 0 fully saturated rings. The number of rotatable bonds is 7. The van der Waals surface area contributed by atoms with Gasteiger partial charge in [0.25, 0.3) is 5.91 Å². The predicted octanol–water partition coefficient (Wildman–Crippen LogP) is 4.88. The van der Waals surface area contributed by atoms with Gasteiger partial charge in [0.15, 0.2) is 0 Å². The lowest BCUT2D eigenvalue weighted by atomic mass is 10.1. The van der Waals surface area contributed by atoms with E-state index in [0.29, 0.717) is 11.3 Å². The topological polar surface area (TPSA) is 61.6 Å². The van der Waals surface area contributed by atoms with Crippen molar-refractivity contribution in [2.45, 2.75) is 10.6 Å². The number of hydrogen-bond donors (Lipinski definition) is 1. The van der Waals surface area contributed by atoms with Gasteiger partial charge in [0.05, 0.1) is 12.7 Å². The smallest absolute Gasteiger partial charge is 0.252 e. The van der Waals surface area contributed by atoms with Crippen LogP contribution in [0.4, 0.5) is 0 Å². The highest BCUT2D eigenvalue weighted by atomic mass is 32.2. The van der Waals surface area contributed by atoms with Gasteiger partial charge < -0.3 is 15.2 Å². The second kappa shape index (κ2) is 8.45. The van der Waals surface area contributed by atoms with Gasteiger partial charge in [-0.2, -0.15) is 0 Å². The first-order chi connectivity index (χ1) is 12.7. The second-order valence-corrected chi connectivity index (χ2v) is 6.62. The molecule has 26 heavy (non-hydrogen) atoms. The fraction of sp³-hybridized carbons (Fsp3) is 0.0952. The number of primary amides is 1. The second-order valence-electron chi connectivity index (χ2n) is 5.57. The summed E-state index contributed by atoms with van der Waals surface area (Å²) >= 11 is 1.69. The first-order valence-electron chi connectivity index (χ1n) is 8.08. The van der Waals surface area contributed by atoms with E-state index < -0.39 is 5.91 Å². The number of amides is 1. The maximum Gasteiger partial charge on any atom is 0.252 e. The van der Waals surface area contributed by atoms with E-state index >= 15 is 0 Å². The van der Waals surface area contributed by atoms with E-state index in [1.807, 2.05) is 66.7 Å². The van der Waals surface area contributed by atoms with Crippen molar-refractivity contribution >= 4 is 17.7 Å². The summed E-state index contributed by atoms with van der Waals surface area (Å²) in [7, 11) is 1.53. The van der Waals surface area contributed by atoms with Crippen LogP contribution in [0.2, 0.25) is 0 Å². The summed E-state index contributed by atoms with van der Waals surface area (Å²) in [5.74, 6) is 2.38. The van der Waals surface area contributed by atoms with Crippen LogP contribution in [-0.2, 0) is 5.75 Å². The van der Waals surface area contributed by atoms with Crippen molar-refractivity contribution in [3.8, 4) is 17.2 Å². The largest absolute Gasteiger partial charge is 0.496 e. The first kappa shape index (κ1) is 17.9. The third-order valence-corrected chi connectivity index (χ3v) is 4.82. The van der Waals surface area contributed by atoms with Crippen molar-refractivity contribution in [1.29, 1.82) is 0 Å². The Morgan fingerprint density at radius 3 is 2.31 bits per heavy atom. The Balaban J connectivity index is 1.62. The fourth-order valence-electron chi connectivity index (χ4n) is 2.42. The maximum absolute atomic E-state index is 11.4. The third-order valence-electron chi connectivity index (χ3n) is 3.74. The lowest BCUT2D eigenvalue weighted by Gasteiger charge is -2.09. The fourth-order valence-corrected chi connectivity index (χ4v) is 3.27. The molecule has 132 valence electrons. The molecular weight excluding hydrogens is 346 g/mol. The SMILES string of the molecule is COc1cc(CSc2ccc(Oc3ccccc3)cc2)ccc1C(N)=O. The highest BCUT2D eigenvalue weighted by molar-refractivity contribution is 7.98. The number of carbonyl (C=O) groups is 1. The minimum Gasteiger partial charge on any atom is -0.496 e. The number of para-hydroxylation sites is 1. The van der Waals surface area contributed by atoms with Crippen LogP contribution in [0.25, 0.3) is 0 Å². The van der Waals surface area contributed by atoms with E-state index in [4.69, 9.17) is 15.2 Å². The van der Waals surface area contributed by atoms with E-state index in [2.05, 4.69) is 0 Å². The van der Waals surface area contributed by atoms with Gasteiger partial charge in [-0.1, -0.05) is 24.3 Å². The Hall–Kier alpha value is -2.92. The Bertz CT molecular complexity index is 880. The molecule has 5 heteroatoms. The van der Waals surface area contributed by atoms with Crippen LogP contribution in [0.3, 0.4) is 0 Å². The van der Waals surface area contributed by atoms with Gasteiger partial charge in [-0.3, -0.25) is 4.79 Å². The molecule has 0 aliphatic carbocycles. The zero-order valence-corrected chi connectivity index (χ0v) is 15.2. The molecule has 2 N–H and O–H groups in total. The molecule has 0 saturated carbocycles. The van der Waals surface area contributed by atoms with E-state index in [1.54, 1.807) is 17.8 Å². The predicted molar refractivity (Wildman–Crippen MR) is 104 cm³/mol. The molecule has 1 amide bonds. The number of methoxy groups -OCH3 is 1.